The van der Waals surface area contributed by atoms with E-state index in [0.29, 0.717) is 12.8 Å². The van der Waals surface area contributed by atoms with Crippen LogP contribution in [0.3, 0.4) is 0 Å². The molecule has 1 amide bonds. The Morgan fingerprint density at radius 1 is 1.57 bits per heavy atom. The molecule has 2 unspecified atom stereocenters. The van der Waals surface area contributed by atoms with Gasteiger partial charge in [-0.2, -0.15) is 5.26 Å². The summed E-state index contributed by atoms with van der Waals surface area (Å²) in [6.45, 7) is 0.0414. The molecule has 1 saturated carbocycles. The monoisotopic (exact) mass is 196 g/mol. The van der Waals surface area contributed by atoms with Crippen molar-refractivity contribution in [2.75, 3.05) is 6.61 Å². The van der Waals surface area contributed by atoms with E-state index in [0.717, 1.165) is 19.3 Å². The van der Waals surface area contributed by atoms with Crippen LogP contribution in [0.2, 0.25) is 0 Å². The molecule has 0 aromatic heterocycles. The van der Waals surface area contributed by atoms with E-state index >= 15 is 0 Å². The molecule has 0 heterocycles. The molecule has 1 aliphatic carbocycles. The summed E-state index contributed by atoms with van der Waals surface area (Å²) in [5.74, 6) is -0.0701. The van der Waals surface area contributed by atoms with Gasteiger partial charge in [0.25, 0.3) is 0 Å². The number of carbonyl (C=O) groups excluding carboxylic acids is 1. The Kier molecular flexibility index (Phi) is 4.41. The summed E-state index contributed by atoms with van der Waals surface area (Å²) in [7, 11) is 0. The first kappa shape index (κ1) is 11.0. The van der Waals surface area contributed by atoms with Crippen LogP contribution in [0.5, 0.6) is 0 Å². The third-order valence-corrected chi connectivity index (χ3v) is 2.59. The maximum absolute atomic E-state index is 11.3. The molecule has 2 N–H and O–H groups in total. The highest BCUT2D eigenvalue weighted by molar-refractivity contribution is 5.76. The number of aliphatic hydroxyl groups excluding tert-OH is 1. The molecule has 0 aromatic carbocycles. The molecule has 0 bridgehead atoms. The highest BCUT2D eigenvalue weighted by Crippen LogP contribution is 2.24. The Balaban J connectivity index is 2.29. The Bertz CT molecular complexity index is 235. The van der Waals surface area contributed by atoms with Crippen molar-refractivity contribution in [3.63, 3.8) is 0 Å². The highest BCUT2D eigenvalue weighted by atomic mass is 16.3. The van der Waals surface area contributed by atoms with Crippen LogP contribution in [0.25, 0.3) is 0 Å². The van der Waals surface area contributed by atoms with E-state index in [1.165, 1.54) is 0 Å². The molecule has 14 heavy (non-hydrogen) atoms. The normalized spacial score (nSPS) is 25.7. The number of nitrogens with zero attached hydrogens (tertiary/aromatic N) is 1. The zero-order valence-corrected chi connectivity index (χ0v) is 8.20. The summed E-state index contributed by atoms with van der Waals surface area (Å²) < 4.78 is 0. The van der Waals surface area contributed by atoms with E-state index < -0.39 is 0 Å². The van der Waals surface area contributed by atoms with Crippen LogP contribution in [-0.2, 0) is 4.79 Å². The number of nitrogens with one attached hydrogen (secondary N) is 1. The molecular formula is C10H16N2O2. The van der Waals surface area contributed by atoms with Crippen molar-refractivity contribution in [1.29, 1.82) is 5.26 Å². The van der Waals surface area contributed by atoms with Gasteiger partial charge in [-0.3, -0.25) is 4.79 Å². The minimum Gasteiger partial charge on any atom is -0.396 e. The molecule has 4 nitrogen and oxygen atoms in total. The predicted octanol–water partition coefficient (Wildman–Crippen LogP) is 0.567. The van der Waals surface area contributed by atoms with Crippen molar-refractivity contribution < 1.29 is 9.90 Å². The summed E-state index contributed by atoms with van der Waals surface area (Å²) >= 11 is 0. The van der Waals surface area contributed by atoms with Crippen LogP contribution in [0.15, 0.2) is 0 Å². The molecule has 4 heteroatoms. The quantitative estimate of drug-likeness (QED) is 0.690. The van der Waals surface area contributed by atoms with Gasteiger partial charge in [-0.15, -0.1) is 0 Å². The zero-order valence-electron chi connectivity index (χ0n) is 8.20. The summed E-state index contributed by atoms with van der Waals surface area (Å²) in [5, 5.41) is 20.2. The van der Waals surface area contributed by atoms with Gasteiger partial charge in [-0.1, -0.05) is 0 Å². The zero-order chi connectivity index (χ0) is 10.4. The molecule has 0 aromatic rings. The SMILES string of the molecule is N#CC1CCCC1NC(=O)CCCO. The minimum absolute atomic E-state index is 0.0203. The summed E-state index contributed by atoms with van der Waals surface area (Å²) in [5.41, 5.74) is 0. The fourth-order valence-corrected chi connectivity index (χ4v) is 1.81. The average molecular weight is 196 g/mol. The Morgan fingerprint density at radius 2 is 2.36 bits per heavy atom. The van der Waals surface area contributed by atoms with Gasteiger partial charge < -0.3 is 10.4 Å². The van der Waals surface area contributed by atoms with Crippen LogP contribution >= 0.6 is 0 Å². The number of rotatable bonds is 4. The van der Waals surface area contributed by atoms with E-state index in [1.807, 2.05) is 0 Å². The van der Waals surface area contributed by atoms with Gasteiger partial charge >= 0.3 is 0 Å². The van der Waals surface area contributed by atoms with E-state index in [4.69, 9.17) is 10.4 Å². The first-order valence-electron chi connectivity index (χ1n) is 5.07. The molecule has 0 radical (unpaired) electrons. The molecule has 2 atom stereocenters. The number of amides is 1. The third kappa shape index (κ3) is 3.00. The Hall–Kier alpha value is -1.08. The van der Waals surface area contributed by atoms with Crippen LogP contribution in [0, 0.1) is 17.2 Å². The lowest BCUT2D eigenvalue weighted by molar-refractivity contribution is -0.122. The molecule has 1 fully saturated rings. The second-order valence-electron chi connectivity index (χ2n) is 3.67. The number of hydrogen-bond acceptors (Lipinski definition) is 3. The van der Waals surface area contributed by atoms with Gasteiger partial charge in [-0.05, 0) is 25.7 Å². The lowest BCUT2D eigenvalue weighted by Gasteiger charge is -2.15. The smallest absolute Gasteiger partial charge is 0.220 e. The average Bonchev–Trinajstić information content (AvgIpc) is 2.62. The van der Waals surface area contributed by atoms with Gasteiger partial charge in [0.05, 0.1) is 12.0 Å². The fraction of sp³-hybridized carbons (Fsp3) is 0.800. The summed E-state index contributed by atoms with van der Waals surface area (Å²) in [6, 6.07) is 2.24. The van der Waals surface area contributed by atoms with Gasteiger partial charge in [0.15, 0.2) is 0 Å². The van der Waals surface area contributed by atoms with Crippen molar-refractivity contribution in [3.8, 4) is 6.07 Å². The van der Waals surface area contributed by atoms with Crippen LogP contribution in [0.1, 0.15) is 32.1 Å². The Morgan fingerprint density at radius 3 is 3.00 bits per heavy atom. The number of aliphatic hydroxyl groups is 1. The van der Waals surface area contributed by atoms with Crippen molar-refractivity contribution >= 4 is 5.91 Å². The van der Waals surface area contributed by atoms with Crippen LogP contribution in [-0.4, -0.2) is 23.7 Å². The third-order valence-electron chi connectivity index (χ3n) is 2.59. The molecule has 1 rings (SSSR count). The van der Waals surface area contributed by atoms with Gasteiger partial charge in [0.1, 0.15) is 0 Å². The van der Waals surface area contributed by atoms with Crippen molar-refractivity contribution in [3.05, 3.63) is 0 Å². The largest absolute Gasteiger partial charge is 0.396 e. The molecule has 78 valence electrons. The lowest BCUT2D eigenvalue weighted by Crippen LogP contribution is -2.36. The van der Waals surface area contributed by atoms with Gasteiger partial charge in [-0.25, -0.2) is 0 Å². The maximum Gasteiger partial charge on any atom is 0.220 e. The first-order valence-corrected chi connectivity index (χ1v) is 5.07. The first-order chi connectivity index (χ1) is 6.77. The Labute approximate surface area is 83.9 Å². The lowest BCUT2D eigenvalue weighted by atomic mass is 10.1. The van der Waals surface area contributed by atoms with Gasteiger partial charge in [0.2, 0.25) is 5.91 Å². The number of hydrogen-bond donors (Lipinski definition) is 2. The molecule has 0 aliphatic heterocycles. The van der Waals surface area contributed by atoms with E-state index in [1.54, 1.807) is 0 Å². The molecule has 0 spiro atoms. The van der Waals surface area contributed by atoms with Crippen molar-refractivity contribution in [1.82, 2.24) is 5.32 Å². The number of nitriles is 1. The molecule has 0 saturated heterocycles. The van der Waals surface area contributed by atoms with E-state index in [-0.39, 0.29) is 24.5 Å². The highest BCUT2D eigenvalue weighted by Gasteiger charge is 2.27. The number of carbonyl (C=O) groups is 1. The second kappa shape index (κ2) is 5.61. The molecule has 1 aliphatic rings. The minimum atomic E-state index is -0.0498. The van der Waals surface area contributed by atoms with Crippen LogP contribution < -0.4 is 5.32 Å². The van der Waals surface area contributed by atoms with Crippen molar-refractivity contribution in [2.45, 2.75) is 38.1 Å². The standard InChI is InChI=1S/C10H16N2O2/c11-7-8-3-1-4-9(8)12-10(14)5-2-6-13/h8-9,13H,1-6H2,(H,12,14). The fourth-order valence-electron chi connectivity index (χ4n) is 1.81. The van der Waals surface area contributed by atoms with E-state index in [9.17, 15) is 4.79 Å². The topological polar surface area (TPSA) is 73.1 Å². The van der Waals surface area contributed by atoms with Crippen LogP contribution in [0.4, 0.5) is 0 Å². The van der Waals surface area contributed by atoms with E-state index in [2.05, 4.69) is 11.4 Å². The maximum atomic E-state index is 11.3. The summed E-state index contributed by atoms with van der Waals surface area (Å²) in [6.07, 6.45) is 3.66. The second-order valence-corrected chi connectivity index (χ2v) is 3.67. The predicted molar refractivity (Wildman–Crippen MR) is 51.2 cm³/mol. The van der Waals surface area contributed by atoms with Gasteiger partial charge in [0, 0.05) is 19.1 Å². The van der Waals surface area contributed by atoms with Crippen molar-refractivity contribution in [2.24, 2.45) is 5.92 Å². The summed E-state index contributed by atoms with van der Waals surface area (Å²) in [4.78, 5) is 11.3. The molecular weight excluding hydrogens is 180 g/mol.